The van der Waals surface area contributed by atoms with Gasteiger partial charge < -0.3 is 10.4 Å². The van der Waals surface area contributed by atoms with E-state index in [1.165, 1.54) is 23.5 Å². The van der Waals surface area contributed by atoms with Crippen LogP contribution in [0.25, 0.3) is 0 Å². The van der Waals surface area contributed by atoms with Gasteiger partial charge in [0.2, 0.25) is 0 Å². The molecule has 7 nitrogen and oxygen atoms in total. The first kappa shape index (κ1) is 13.9. The number of nitro groups is 1. The molecule has 0 aliphatic heterocycles. The van der Waals surface area contributed by atoms with Crippen LogP contribution >= 0.6 is 11.3 Å². The molecule has 0 aliphatic carbocycles. The van der Waals surface area contributed by atoms with Crippen molar-refractivity contribution in [1.29, 1.82) is 0 Å². The fraction of sp³-hybridized carbons (Fsp3) is 0.167. The molecule has 8 heteroatoms. The summed E-state index contributed by atoms with van der Waals surface area (Å²) in [6, 6.07) is 3.78. The average molecular weight is 293 g/mol. The van der Waals surface area contributed by atoms with Crippen LogP contribution in [0.5, 0.6) is 0 Å². The molecule has 0 saturated carbocycles. The molecule has 2 N–H and O–H groups in total. The van der Waals surface area contributed by atoms with Gasteiger partial charge >= 0.3 is 5.97 Å². The number of anilines is 1. The number of carboxylic acids is 1. The third-order valence-corrected chi connectivity index (χ3v) is 3.66. The zero-order valence-electron chi connectivity index (χ0n) is 10.5. The molecule has 1 aromatic heterocycles. The fourth-order valence-corrected chi connectivity index (χ4v) is 2.35. The number of thiazole rings is 1. The monoisotopic (exact) mass is 293 g/mol. The smallest absolute Gasteiger partial charge is 0.335 e. The second-order valence-electron chi connectivity index (χ2n) is 4.01. The highest BCUT2D eigenvalue weighted by Crippen LogP contribution is 2.26. The van der Waals surface area contributed by atoms with E-state index in [2.05, 4.69) is 10.3 Å². The number of aromatic carboxylic acids is 1. The van der Waals surface area contributed by atoms with Gasteiger partial charge in [0.15, 0.2) is 0 Å². The SMILES string of the molecule is Cc1ncsc1CNc1ccc(C(=O)O)cc1[N+](=O)[O-]. The Morgan fingerprint density at radius 3 is 2.85 bits per heavy atom. The highest BCUT2D eigenvalue weighted by Gasteiger charge is 2.17. The first-order chi connectivity index (χ1) is 9.49. The lowest BCUT2D eigenvalue weighted by molar-refractivity contribution is -0.384. The second kappa shape index (κ2) is 5.66. The van der Waals surface area contributed by atoms with Gasteiger partial charge in [0.1, 0.15) is 5.69 Å². The number of hydrogen-bond donors (Lipinski definition) is 2. The Morgan fingerprint density at radius 1 is 1.55 bits per heavy atom. The van der Waals surface area contributed by atoms with Crippen LogP contribution in [0.1, 0.15) is 20.9 Å². The van der Waals surface area contributed by atoms with Crippen LogP contribution in [-0.2, 0) is 6.54 Å². The van der Waals surface area contributed by atoms with Crippen molar-refractivity contribution in [3.05, 3.63) is 50.0 Å². The largest absolute Gasteiger partial charge is 0.478 e. The minimum absolute atomic E-state index is 0.115. The lowest BCUT2D eigenvalue weighted by Gasteiger charge is -2.07. The molecule has 0 spiro atoms. The van der Waals surface area contributed by atoms with Gasteiger partial charge in [-0.3, -0.25) is 10.1 Å². The van der Waals surface area contributed by atoms with E-state index < -0.39 is 10.9 Å². The van der Waals surface area contributed by atoms with Gasteiger partial charge in [-0.2, -0.15) is 0 Å². The van der Waals surface area contributed by atoms with Gasteiger partial charge in [0.05, 0.1) is 28.2 Å². The maximum atomic E-state index is 11.0. The van der Waals surface area contributed by atoms with Crippen LogP contribution in [0, 0.1) is 17.0 Å². The van der Waals surface area contributed by atoms with E-state index in [0.717, 1.165) is 16.6 Å². The predicted octanol–water partition coefficient (Wildman–Crippen LogP) is 2.67. The standard InChI is InChI=1S/C12H11N3O4S/c1-7-11(20-6-14-7)5-13-9-3-2-8(12(16)17)4-10(9)15(18)19/h2-4,6,13H,5H2,1H3,(H,16,17). The summed E-state index contributed by atoms with van der Waals surface area (Å²) in [5, 5.41) is 22.8. The van der Waals surface area contributed by atoms with E-state index in [-0.39, 0.29) is 16.9 Å². The molecule has 2 aromatic rings. The normalized spacial score (nSPS) is 10.2. The van der Waals surface area contributed by atoms with E-state index in [1.807, 2.05) is 6.92 Å². The molecular formula is C12H11N3O4S. The Kier molecular flexibility index (Phi) is 3.94. The molecule has 0 saturated heterocycles. The minimum Gasteiger partial charge on any atom is -0.478 e. The van der Waals surface area contributed by atoms with Crippen molar-refractivity contribution in [2.45, 2.75) is 13.5 Å². The van der Waals surface area contributed by atoms with Crippen molar-refractivity contribution in [2.24, 2.45) is 0 Å². The molecule has 0 atom stereocenters. The highest BCUT2D eigenvalue weighted by atomic mass is 32.1. The van der Waals surface area contributed by atoms with Crippen molar-refractivity contribution < 1.29 is 14.8 Å². The summed E-state index contributed by atoms with van der Waals surface area (Å²) in [5.41, 5.74) is 2.48. The molecular weight excluding hydrogens is 282 g/mol. The molecule has 1 aromatic carbocycles. The third kappa shape index (κ3) is 2.91. The first-order valence-corrected chi connectivity index (χ1v) is 6.51. The molecule has 0 amide bonds. The quantitative estimate of drug-likeness (QED) is 0.648. The Hall–Kier alpha value is -2.48. The van der Waals surface area contributed by atoms with Crippen LogP contribution in [0.2, 0.25) is 0 Å². The number of carbonyl (C=O) groups is 1. The Labute approximate surface area is 118 Å². The van der Waals surface area contributed by atoms with E-state index >= 15 is 0 Å². The van der Waals surface area contributed by atoms with Crippen LogP contribution in [0.3, 0.4) is 0 Å². The van der Waals surface area contributed by atoms with E-state index in [0.29, 0.717) is 6.54 Å². The van der Waals surface area contributed by atoms with Gasteiger partial charge in [-0.1, -0.05) is 0 Å². The van der Waals surface area contributed by atoms with Crippen molar-refractivity contribution in [3.8, 4) is 0 Å². The molecule has 0 bridgehead atoms. The maximum Gasteiger partial charge on any atom is 0.335 e. The summed E-state index contributed by atoms with van der Waals surface area (Å²) >= 11 is 1.45. The van der Waals surface area contributed by atoms with Crippen LogP contribution in [0.4, 0.5) is 11.4 Å². The number of nitrogens with zero attached hydrogens (tertiary/aromatic N) is 2. The van der Waals surface area contributed by atoms with Crippen LogP contribution < -0.4 is 5.32 Å². The van der Waals surface area contributed by atoms with Crippen molar-refractivity contribution in [3.63, 3.8) is 0 Å². The summed E-state index contributed by atoms with van der Waals surface area (Å²) in [5.74, 6) is -1.20. The van der Waals surface area contributed by atoms with E-state index in [1.54, 1.807) is 5.51 Å². The lowest BCUT2D eigenvalue weighted by Crippen LogP contribution is -2.04. The topological polar surface area (TPSA) is 105 Å². The Bertz CT molecular complexity index is 668. The summed E-state index contributed by atoms with van der Waals surface area (Å²) in [6.07, 6.45) is 0. The molecule has 0 aliphatic rings. The fourth-order valence-electron chi connectivity index (χ4n) is 1.64. The Balaban J connectivity index is 2.25. The first-order valence-electron chi connectivity index (χ1n) is 5.63. The van der Waals surface area contributed by atoms with E-state index in [9.17, 15) is 14.9 Å². The van der Waals surface area contributed by atoms with Crippen LogP contribution in [-0.4, -0.2) is 21.0 Å². The number of aryl methyl sites for hydroxylation is 1. The van der Waals surface area contributed by atoms with Gasteiger partial charge in [-0.15, -0.1) is 11.3 Å². The average Bonchev–Trinajstić information content (AvgIpc) is 2.81. The summed E-state index contributed by atoms with van der Waals surface area (Å²) in [6.45, 7) is 2.26. The lowest BCUT2D eigenvalue weighted by atomic mass is 10.1. The van der Waals surface area contributed by atoms with Crippen LogP contribution in [0.15, 0.2) is 23.7 Å². The molecule has 104 valence electrons. The maximum absolute atomic E-state index is 11.0. The number of aromatic nitrogens is 1. The molecule has 2 rings (SSSR count). The zero-order valence-corrected chi connectivity index (χ0v) is 11.3. The molecule has 1 heterocycles. The number of carboxylic acid groups (broad SMARTS) is 1. The third-order valence-electron chi connectivity index (χ3n) is 2.73. The Morgan fingerprint density at radius 2 is 2.30 bits per heavy atom. The molecule has 0 fully saturated rings. The van der Waals surface area contributed by atoms with Gasteiger partial charge in [0.25, 0.3) is 5.69 Å². The van der Waals surface area contributed by atoms with Crippen molar-refractivity contribution >= 4 is 28.7 Å². The molecule has 0 radical (unpaired) electrons. The van der Waals surface area contributed by atoms with Crippen molar-refractivity contribution in [1.82, 2.24) is 4.98 Å². The van der Waals surface area contributed by atoms with Gasteiger partial charge in [-0.05, 0) is 19.1 Å². The van der Waals surface area contributed by atoms with Gasteiger partial charge in [-0.25, -0.2) is 9.78 Å². The second-order valence-corrected chi connectivity index (χ2v) is 4.95. The molecule has 0 unspecified atom stereocenters. The number of benzene rings is 1. The summed E-state index contributed by atoms with van der Waals surface area (Å²) < 4.78 is 0. The zero-order chi connectivity index (χ0) is 14.7. The summed E-state index contributed by atoms with van der Waals surface area (Å²) in [7, 11) is 0. The highest BCUT2D eigenvalue weighted by molar-refractivity contribution is 7.09. The number of hydrogen-bond acceptors (Lipinski definition) is 6. The van der Waals surface area contributed by atoms with E-state index in [4.69, 9.17) is 5.11 Å². The number of rotatable bonds is 5. The van der Waals surface area contributed by atoms with Gasteiger partial charge in [0, 0.05) is 10.9 Å². The number of nitrogens with one attached hydrogen (secondary N) is 1. The number of nitro benzene ring substituents is 1. The van der Waals surface area contributed by atoms with Crippen molar-refractivity contribution in [2.75, 3.05) is 5.32 Å². The minimum atomic E-state index is -1.20. The summed E-state index contributed by atoms with van der Waals surface area (Å²) in [4.78, 5) is 26.3. The molecule has 20 heavy (non-hydrogen) atoms. The predicted molar refractivity (Wildman–Crippen MR) is 74.2 cm³/mol.